The van der Waals surface area contributed by atoms with Crippen LogP contribution in [0.25, 0.3) is 0 Å². The fourth-order valence-corrected chi connectivity index (χ4v) is 5.91. The van der Waals surface area contributed by atoms with E-state index in [1.807, 2.05) is 25.2 Å². The molecule has 0 rings (SSSR count). The Labute approximate surface area is 323 Å². The van der Waals surface area contributed by atoms with Gasteiger partial charge in [-0.2, -0.15) is 0 Å². The van der Waals surface area contributed by atoms with Crippen molar-refractivity contribution >= 4 is 13.8 Å². The molecule has 0 aliphatic carbocycles. The van der Waals surface area contributed by atoms with Gasteiger partial charge in [-0.15, -0.1) is 0 Å². The number of hydrogen-bond acceptors (Lipinski definition) is 8. The lowest BCUT2D eigenvalue weighted by atomic mass is 10.0. The number of esters is 1. The summed E-state index contributed by atoms with van der Waals surface area (Å²) in [5.41, 5.74) is 5.35. The minimum absolute atomic E-state index is 0.0847. The summed E-state index contributed by atoms with van der Waals surface area (Å²) in [6.45, 7) is 3.80. The number of allylic oxidation sites excluding steroid dienone is 10. The van der Waals surface area contributed by atoms with Gasteiger partial charge < -0.3 is 25.2 Å². The molecule has 4 N–H and O–H groups in total. The van der Waals surface area contributed by atoms with Crippen LogP contribution in [0.1, 0.15) is 155 Å². The Kier molecular flexibility index (Phi) is 37.8. The SMILES string of the molecule is CCCCCCCCCCCCCCCC/C=C/O[C@H](COC(=O)CCC/C=C\C/C=C\C/C=C\C/C=C\C=C\[C@@H](O)CC)COP(=O)(O)OCCN. The summed E-state index contributed by atoms with van der Waals surface area (Å²) in [7, 11) is -4.29. The van der Waals surface area contributed by atoms with Crippen LogP contribution in [0.4, 0.5) is 0 Å². The molecule has 3 atom stereocenters. The minimum Gasteiger partial charge on any atom is -0.492 e. The largest absolute Gasteiger partial charge is 0.492 e. The predicted molar refractivity (Wildman–Crippen MR) is 220 cm³/mol. The van der Waals surface area contributed by atoms with E-state index in [9.17, 15) is 19.4 Å². The van der Waals surface area contributed by atoms with Gasteiger partial charge in [0, 0.05) is 13.0 Å². The molecule has 0 aliphatic rings. The van der Waals surface area contributed by atoms with Crippen LogP contribution < -0.4 is 5.73 Å². The first kappa shape index (κ1) is 50.7. The number of nitrogens with two attached hydrogens (primary N) is 1. The van der Waals surface area contributed by atoms with Gasteiger partial charge in [-0.25, -0.2) is 4.57 Å². The van der Waals surface area contributed by atoms with Crippen molar-refractivity contribution in [1.29, 1.82) is 0 Å². The van der Waals surface area contributed by atoms with Gasteiger partial charge >= 0.3 is 13.8 Å². The highest BCUT2D eigenvalue weighted by atomic mass is 31.2. The number of hydrogen-bond donors (Lipinski definition) is 3. The average Bonchev–Trinajstić information content (AvgIpc) is 3.15. The maximum absolute atomic E-state index is 12.4. The second-order valence-corrected chi connectivity index (χ2v) is 14.8. The third kappa shape index (κ3) is 39.3. The molecule has 0 saturated heterocycles. The van der Waals surface area contributed by atoms with Crippen LogP contribution in [-0.2, 0) is 27.9 Å². The van der Waals surface area contributed by atoms with Gasteiger partial charge in [0.15, 0.2) is 6.10 Å². The normalized spacial score (nSPS) is 14.8. The highest BCUT2D eigenvalue weighted by molar-refractivity contribution is 7.47. The highest BCUT2D eigenvalue weighted by Gasteiger charge is 2.24. The second-order valence-electron chi connectivity index (χ2n) is 13.4. The van der Waals surface area contributed by atoms with Crippen molar-refractivity contribution in [3.8, 4) is 0 Å². The van der Waals surface area contributed by atoms with Crippen LogP contribution in [0.5, 0.6) is 0 Å². The average molecular weight is 766 g/mol. The van der Waals surface area contributed by atoms with Gasteiger partial charge in [0.1, 0.15) is 6.61 Å². The molecule has 10 heteroatoms. The maximum atomic E-state index is 12.4. The van der Waals surface area contributed by atoms with Crippen LogP contribution in [0.2, 0.25) is 0 Å². The Balaban J connectivity index is 4.23. The molecule has 0 radical (unpaired) electrons. The standard InChI is InChI=1S/C43H76NO8P/c1-3-5-6-7-8-9-10-11-12-15-18-21-24-27-30-33-37-49-42(40-52-53(47,48)51-38-36-44)39-50-43(46)35-32-29-26-23-20-17-14-13-16-19-22-25-28-31-34-41(45)4-2/h14,16-17,19,23,25-26,28,31,33-34,37,41-42,45H,3-13,15,18,20-22,24,27,29-30,32,35-36,38-40,44H2,1-2H3,(H,47,48)/b17-14-,19-16-,26-23-,28-25-,34-31+,37-33+/t41-,42+/m0/s1. The Morgan fingerprint density at radius 2 is 1.23 bits per heavy atom. The molecule has 9 nitrogen and oxygen atoms in total. The van der Waals surface area contributed by atoms with Crippen molar-refractivity contribution in [2.45, 2.75) is 167 Å². The van der Waals surface area contributed by atoms with Gasteiger partial charge in [-0.3, -0.25) is 13.8 Å². The molecule has 1 unspecified atom stereocenters. The first-order chi connectivity index (χ1) is 25.8. The van der Waals surface area contributed by atoms with Gasteiger partial charge in [0.05, 0.1) is 25.6 Å². The second kappa shape index (κ2) is 39.4. The van der Waals surface area contributed by atoms with Crippen molar-refractivity contribution in [2.24, 2.45) is 5.73 Å². The summed E-state index contributed by atoms with van der Waals surface area (Å²) in [6.07, 6.45) is 46.9. The smallest absolute Gasteiger partial charge is 0.472 e. The van der Waals surface area contributed by atoms with Gasteiger partial charge in [0.2, 0.25) is 0 Å². The predicted octanol–water partition coefficient (Wildman–Crippen LogP) is 11.3. The fraction of sp³-hybridized carbons (Fsp3) is 0.698. The molecule has 0 aliphatic heterocycles. The molecule has 0 saturated carbocycles. The van der Waals surface area contributed by atoms with Crippen LogP contribution in [0.3, 0.4) is 0 Å². The number of rotatable bonds is 38. The van der Waals surface area contributed by atoms with E-state index in [2.05, 4.69) is 49.5 Å². The molecule has 53 heavy (non-hydrogen) atoms. The van der Waals surface area contributed by atoms with Crippen molar-refractivity contribution in [3.05, 3.63) is 73.1 Å². The third-order valence-electron chi connectivity index (χ3n) is 8.38. The monoisotopic (exact) mass is 766 g/mol. The van der Waals surface area contributed by atoms with E-state index >= 15 is 0 Å². The summed E-state index contributed by atoms with van der Waals surface area (Å²) in [5.74, 6) is -0.360. The van der Waals surface area contributed by atoms with Gasteiger partial charge in [0.25, 0.3) is 0 Å². The molecule has 0 bridgehead atoms. The summed E-state index contributed by atoms with van der Waals surface area (Å²) >= 11 is 0. The van der Waals surface area contributed by atoms with Crippen LogP contribution in [0, 0.1) is 0 Å². The molecule has 0 spiro atoms. The van der Waals surface area contributed by atoms with Crippen molar-refractivity contribution in [3.63, 3.8) is 0 Å². The van der Waals surface area contributed by atoms with Crippen molar-refractivity contribution < 1.29 is 37.9 Å². The van der Waals surface area contributed by atoms with E-state index in [0.29, 0.717) is 6.42 Å². The molecule has 306 valence electrons. The lowest BCUT2D eigenvalue weighted by Gasteiger charge is -2.19. The summed E-state index contributed by atoms with van der Waals surface area (Å²) in [4.78, 5) is 22.2. The minimum atomic E-state index is -4.29. The Hall–Kier alpha value is -2.26. The molecular weight excluding hydrogens is 689 g/mol. The van der Waals surface area contributed by atoms with E-state index in [-0.39, 0.29) is 44.9 Å². The fourth-order valence-electron chi connectivity index (χ4n) is 5.14. The van der Waals surface area contributed by atoms with Crippen molar-refractivity contribution in [2.75, 3.05) is 26.4 Å². The van der Waals surface area contributed by atoms with E-state index in [1.54, 1.807) is 12.3 Å². The summed E-state index contributed by atoms with van der Waals surface area (Å²) in [5, 5.41) is 9.46. The first-order valence-corrected chi connectivity index (χ1v) is 22.1. The van der Waals surface area contributed by atoms with E-state index in [1.165, 1.54) is 83.5 Å². The maximum Gasteiger partial charge on any atom is 0.472 e. The summed E-state index contributed by atoms with van der Waals surface area (Å²) < 4.78 is 33.1. The molecule has 0 aromatic heterocycles. The lowest BCUT2D eigenvalue weighted by molar-refractivity contribution is -0.147. The molecule has 0 aromatic carbocycles. The highest BCUT2D eigenvalue weighted by Crippen LogP contribution is 2.43. The summed E-state index contributed by atoms with van der Waals surface area (Å²) in [6, 6.07) is 0. The molecule has 0 heterocycles. The van der Waals surface area contributed by atoms with Crippen LogP contribution in [0.15, 0.2) is 73.1 Å². The third-order valence-corrected chi connectivity index (χ3v) is 9.37. The van der Waals surface area contributed by atoms with Crippen LogP contribution in [-0.4, -0.2) is 54.5 Å². The number of carbonyl (C=O) groups is 1. The number of aliphatic hydroxyl groups excluding tert-OH is 1. The number of ether oxygens (including phenoxy) is 2. The molecule has 0 amide bonds. The van der Waals surface area contributed by atoms with Crippen molar-refractivity contribution in [1.82, 2.24) is 0 Å². The molecule has 0 aromatic rings. The number of phosphoric ester groups is 1. The Morgan fingerprint density at radius 3 is 1.81 bits per heavy atom. The number of unbranched alkanes of at least 4 members (excludes halogenated alkanes) is 15. The number of phosphoric acid groups is 1. The zero-order valence-corrected chi connectivity index (χ0v) is 34.2. The Morgan fingerprint density at radius 1 is 0.679 bits per heavy atom. The van der Waals surface area contributed by atoms with E-state index in [0.717, 1.165) is 44.9 Å². The molecule has 0 fully saturated rings. The van der Waals surface area contributed by atoms with Crippen LogP contribution >= 0.6 is 7.82 Å². The van der Waals surface area contributed by atoms with E-state index < -0.39 is 13.9 Å². The van der Waals surface area contributed by atoms with Gasteiger partial charge in [-0.05, 0) is 57.4 Å². The number of carbonyl (C=O) groups excluding carboxylic acids is 1. The quantitative estimate of drug-likeness (QED) is 0.0140. The Bertz CT molecular complexity index is 1050. The van der Waals surface area contributed by atoms with Gasteiger partial charge in [-0.1, -0.05) is 158 Å². The lowest BCUT2D eigenvalue weighted by Crippen LogP contribution is -2.25. The molecular formula is C43H76NO8P. The van der Waals surface area contributed by atoms with E-state index in [4.69, 9.17) is 24.3 Å². The topological polar surface area (TPSA) is 138 Å². The zero-order chi connectivity index (χ0) is 38.9. The zero-order valence-electron chi connectivity index (χ0n) is 33.3. The number of aliphatic hydroxyl groups is 1. The first-order valence-electron chi connectivity index (χ1n) is 20.6.